The molecule has 0 aromatic rings. The lowest BCUT2D eigenvalue weighted by Crippen LogP contribution is -2.52. The van der Waals surface area contributed by atoms with Crippen molar-refractivity contribution in [1.82, 2.24) is 0 Å². The molecule has 4 rings (SSSR count). The minimum absolute atomic E-state index is 0.577. The van der Waals surface area contributed by atoms with E-state index in [0.717, 1.165) is 23.7 Å². The summed E-state index contributed by atoms with van der Waals surface area (Å²) in [5.74, 6) is 4.20. The van der Waals surface area contributed by atoms with E-state index in [0.29, 0.717) is 10.8 Å². The second-order valence-corrected chi connectivity index (χ2v) is 9.21. The summed E-state index contributed by atoms with van der Waals surface area (Å²) in [5, 5.41) is 0. The summed E-state index contributed by atoms with van der Waals surface area (Å²) >= 11 is 0. The number of rotatable bonds is 0. The van der Waals surface area contributed by atoms with Gasteiger partial charge in [0.15, 0.2) is 0 Å². The van der Waals surface area contributed by atoms with E-state index in [-0.39, 0.29) is 0 Å². The highest BCUT2D eigenvalue weighted by molar-refractivity contribution is 5.23. The maximum Gasteiger partial charge on any atom is -0.00853 e. The van der Waals surface area contributed by atoms with E-state index in [1.807, 2.05) is 5.57 Å². The molecule has 0 aliphatic heterocycles. The third-order valence-electron chi connectivity index (χ3n) is 8.78. The van der Waals surface area contributed by atoms with Gasteiger partial charge < -0.3 is 0 Å². The van der Waals surface area contributed by atoms with Crippen molar-refractivity contribution in [3.8, 4) is 0 Å². The minimum atomic E-state index is 0.577. The van der Waals surface area contributed by atoms with Crippen molar-refractivity contribution in [2.45, 2.75) is 85.0 Å². The molecule has 0 saturated heterocycles. The Morgan fingerprint density at radius 1 is 0.905 bits per heavy atom. The third-order valence-corrected chi connectivity index (χ3v) is 8.78. The largest absolute Gasteiger partial charge is 0.0879 e. The molecule has 21 heavy (non-hydrogen) atoms. The zero-order chi connectivity index (χ0) is 14.7. The van der Waals surface area contributed by atoms with Crippen molar-refractivity contribution >= 4 is 0 Å². The van der Waals surface area contributed by atoms with Crippen LogP contribution >= 0.6 is 0 Å². The second-order valence-electron chi connectivity index (χ2n) is 9.21. The van der Waals surface area contributed by atoms with Crippen molar-refractivity contribution in [2.24, 2.45) is 34.5 Å². The maximum absolute atomic E-state index is 2.70. The Hall–Kier alpha value is -0.260. The fourth-order valence-electron chi connectivity index (χ4n) is 7.62. The Labute approximate surface area is 131 Å². The van der Waals surface area contributed by atoms with Crippen LogP contribution in [0.1, 0.15) is 85.0 Å². The minimum Gasteiger partial charge on any atom is -0.0879 e. The lowest BCUT2D eigenvalue weighted by molar-refractivity contribution is -0.0972. The molecule has 4 saturated carbocycles. The van der Waals surface area contributed by atoms with Crippen LogP contribution in [0.2, 0.25) is 0 Å². The van der Waals surface area contributed by atoms with Crippen LogP contribution in [0.3, 0.4) is 0 Å². The Kier molecular flexibility index (Phi) is 3.32. The quantitative estimate of drug-likeness (QED) is 0.454. The smallest absolute Gasteiger partial charge is 0.00853 e. The molecule has 0 N–H and O–H groups in total. The molecule has 6 atom stereocenters. The predicted molar refractivity (Wildman–Crippen MR) is 90.1 cm³/mol. The van der Waals surface area contributed by atoms with Gasteiger partial charge in [-0.3, -0.25) is 0 Å². The third kappa shape index (κ3) is 1.86. The molecule has 118 valence electrons. The van der Waals surface area contributed by atoms with Crippen LogP contribution in [0.4, 0.5) is 0 Å². The molecular formula is C21H34. The van der Waals surface area contributed by atoms with E-state index in [4.69, 9.17) is 0 Å². The van der Waals surface area contributed by atoms with E-state index in [1.165, 1.54) is 38.5 Å². The first kappa shape index (κ1) is 14.3. The van der Waals surface area contributed by atoms with Gasteiger partial charge in [0.05, 0.1) is 0 Å². The molecule has 0 aromatic heterocycles. The van der Waals surface area contributed by atoms with Crippen LogP contribution in [0, 0.1) is 34.5 Å². The molecule has 0 aromatic carbocycles. The summed E-state index contributed by atoms with van der Waals surface area (Å²) < 4.78 is 0. The van der Waals surface area contributed by atoms with Gasteiger partial charge in [-0.25, -0.2) is 0 Å². The van der Waals surface area contributed by atoms with E-state index in [2.05, 4.69) is 26.8 Å². The monoisotopic (exact) mass is 286 g/mol. The highest BCUT2D eigenvalue weighted by Gasteiger charge is 2.58. The summed E-state index contributed by atoms with van der Waals surface area (Å²) in [4.78, 5) is 0. The SMILES string of the molecule is C/C=C1/CCC2C3CCC4CCCCC4(C)C3CC[C@]12C. The van der Waals surface area contributed by atoms with Crippen LogP contribution in [0.25, 0.3) is 0 Å². The van der Waals surface area contributed by atoms with Crippen LogP contribution in [0.15, 0.2) is 11.6 Å². The van der Waals surface area contributed by atoms with Crippen LogP contribution < -0.4 is 0 Å². The van der Waals surface area contributed by atoms with Gasteiger partial charge in [-0.05, 0) is 92.8 Å². The normalized spacial score (nSPS) is 54.9. The van der Waals surface area contributed by atoms with Crippen molar-refractivity contribution in [1.29, 1.82) is 0 Å². The molecule has 0 bridgehead atoms. The molecule has 4 aliphatic carbocycles. The summed E-state index contributed by atoms with van der Waals surface area (Å²) in [6, 6.07) is 0. The number of hydrogen-bond donors (Lipinski definition) is 0. The van der Waals surface area contributed by atoms with Crippen molar-refractivity contribution in [2.75, 3.05) is 0 Å². The van der Waals surface area contributed by atoms with Crippen molar-refractivity contribution in [3.63, 3.8) is 0 Å². The molecule has 0 amide bonds. The topological polar surface area (TPSA) is 0 Å². The van der Waals surface area contributed by atoms with E-state index < -0.39 is 0 Å². The lowest BCUT2D eigenvalue weighted by atomic mass is 9.45. The summed E-state index contributed by atoms with van der Waals surface area (Å²) in [5.41, 5.74) is 3.09. The fraction of sp³-hybridized carbons (Fsp3) is 0.905. The molecule has 0 heteroatoms. The molecule has 4 aliphatic rings. The molecular weight excluding hydrogens is 252 g/mol. The summed E-state index contributed by atoms with van der Waals surface area (Å²) in [6.07, 6.45) is 17.6. The van der Waals surface area contributed by atoms with E-state index in [9.17, 15) is 0 Å². The second kappa shape index (κ2) is 4.87. The predicted octanol–water partition coefficient (Wildman–Crippen LogP) is 6.37. The number of fused-ring (bicyclic) bond motifs is 5. The average molecular weight is 287 g/mol. The van der Waals surface area contributed by atoms with Crippen LogP contribution in [-0.4, -0.2) is 0 Å². The van der Waals surface area contributed by atoms with Crippen molar-refractivity contribution < 1.29 is 0 Å². The van der Waals surface area contributed by atoms with Gasteiger partial charge in [0, 0.05) is 0 Å². The first-order chi connectivity index (χ1) is 10.1. The molecule has 5 unspecified atom stereocenters. The highest BCUT2D eigenvalue weighted by Crippen LogP contribution is 2.67. The van der Waals surface area contributed by atoms with Gasteiger partial charge in [-0.2, -0.15) is 0 Å². The molecule has 4 fully saturated rings. The summed E-state index contributed by atoms with van der Waals surface area (Å²) in [6.45, 7) is 7.60. The van der Waals surface area contributed by atoms with Gasteiger partial charge in [-0.15, -0.1) is 0 Å². The Balaban J connectivity index is 1.66. The zero-order valence-electron chi connectivity index (χ0n) is 14.5. The summed E-state index contributed by atoms with van der Waals surface area (Å²) in [7, 11) is 0. The number of allylic oxidation sites excluding steroid dienone is 2. The standard InChI is InChI=1S/C21H34/c1-4-15-9-11-18-17-10-8-16-7-5-6-13-20(16,2)19(17)12-14-21(15,18)3/h4,16-19H,5-14H2,1-3H3/b15-4-/t16?,17?,18?,19?,20?,21-/m1/s1. The molecule has 0 spiro atoms. The van der Waals surface area contributed by atoms with E-state index >= 15 is 0 Å². The van der Waals surface area contributed by atoms with Gasteiger partial charge in [-0.1, -0.05) is 38.3 Å². The van der Waals surface area contributed by atoms with Crippen LogP contribution in [0.5, 0.6) is 0 Å². The van der Waals surface area contributed by atoms with Gasteiger partial charge in [0.1, 0.15) is 0 Å². The maximum atomic E-state index is 2.70. The van der Waals surface area contributed by atoms with Gasteiger partial charge in [0.25, 0.3) is 0 Å². The average Bonchev–Trinajstić information content (AvgIpc) is 2.83. The first-order valence-corrected chi connectivity index (χ1v) is 9.75. The Morgan fingerprint density at radius 2 is 1.76 bits per heavy atom. The van der Waals surface area contributed by atoms with Crippen LogP contribution in [-0.2, 0) is 0 Å². The zero-order valence-corrected chi connectivity index (χ0v) is 14.5. The Bertz CT molecular complexity index is 447. The molecule has 0 nitrogen and oxygen atoms in total. The van der Waals surface area contributed by atoms with E-state index in [1.54, 1.807) is 25.7 Å². The van der Waals surface area contributed by atoms with Crippen molar-refractivity contribution in [3.05, 3.63) is 11.6 Å². The highest BCUT2D eigenvalue weighted by atomic mass is 14.6. The molecule has 0 radical (unpaired) electrons. The first-order valence-electron chi connectivity index (χ1n) is 9.75. The number of hydrogen-bond acceptors (Lipinski definition) is 0. The fourth-order valence-corrected chi connectivity index (χ4v) is 7.62. The lowest BCUT2D eigenvalue weighted by Gasteiger charge is -2.60. The van der Waals surface area contributed by atoms with Gasteiger partial charge >= 0.3 is 0 Å². The Morgan fingerprint density at radius 3 is 2.57 bits per heavy atom. The van der Waals surface area contributed by atoms with Gasteiger partial charge in [0.2, 0.25) is 0 Å². The molecule has 0 heterocycles.